The summed E-state index contributed by atoms with van der Waals surface area (Å²) < 4.78 is 0. The molecule has 1 amide bonds. The maximum absolute atomic E-state index is 12.1. The van der Waals surface area contributed by atoms with Crippen molar-refractivity contribution >= 4 is 22.5 Å². The van der Waals surface area contributed by atoms with Gasteiger partial charge in [0.25, 0.3) is 0 Å². The van der Waals surface area contributed by atoms with E-state index in [0.29, 0.717) is 6.42 Å². The Bertz CT molecular complexity index is 833. The van der Waals surface area contributed by atoms with Crippen LogP contribution in [0.4, 0.5) is 5.69 Å². The third-order valence-corrected chi connectivity index (χ3v) is 4.18. The van der Waals surface area contributed by atoms with Crippen LogP contribution >= 0.6 is 0 Å². The lowest BCUT2D eigenvalue weighted by atomic mass is 10.1. The monoisotopic (exact) mass is 306 g/mol. The molecule has 2 N–H and O–H groups in total. The van der Waals surface area contributed by atoms with E-state index >= 15 is 0 Å². The van der Waals surface area contributed by atoms with Gasteiger partial charge in [0.2, 0.25) is 5.91 Å². The summed E-state index contributed by atoms with van der Waals surface area (Å²) in [5.74, 6) is 0.0804. The second-order valence-electron chi connectivity index (χ2n) is 6.08. The minimum Gasteiger partial charge on any atom is -0.361 e. The zero-order chi connectivity index (χ0) is 16.2. The number of H-pyrrole nitrogens is 1. The van der Waals surface area contributed by atoms with E-state index in [1.165, 1.54) is 16.5 Å². The number of hydrogen-bond acceptors (Lipinski definition) is 1. The highest BCUT2D eigenvalue weighted by atomic mass is 16.1. The number of rotatable bonds is 5. The second-order valence-corrected chi connectivity index (χ2v) is 6.08. The van der Waals surface area contributed by atoms with E-state index in [9.17, 15) is 4.79 Å². The number of amides is 1. The van der Waals surface area contributed by atoms with Crippen molar-refractivity contribution in [1.29, 1.82) is 0 Å². The van der Waals surface area contributed by atoms with Crippen molar-refractivity contribution in [2.45, 2.75) is 33.1 Å². The third kappa shape index (κ3) is 3.62. The highest BCUT2D eigenvalue weighted by molar-refractivity contribution is 5.91. The van der Waals surface area contributed by atoms with Crippen LogP contribution in [-0.2, 0) is 11.2 Å². The largest absolute Gasteiger partial charge is 0.361 e. The van der Waals surface area contributed by atoms with Gasteiger partial charge in [0, 0.05) is 29.2 Å². The van der Waals surface area contributed by atoms with E-state index in [4.69, 9.17) is 0 Å². The molecule has 0 aliphatic heterocycles. The van der Waals surface area contributed by atoms with Crippen LogP contribution in [0.2, 0.25) is 0 Å². The van der Waals surface area contributed by atoms with Crippen LogP contribution < -0.4 is 5.32 Å². The predicted octanol–water partition coefficient (Wildman–Crippen LogP) is 4.75. The first-order chi connectivity index (χ1) is 11.1. The first-order valence-corrected chi connectivity index (χ1v) is 8.05. The molecule has 23 heavy (non-hydrogen) atoms. The van der Waals surface area contributed by atoms with Gasteiger partial charge in [0.15, 0.2) is 0 Å². The molecule has 0 atom stereocenters. The van der Waals surface area contributed by atoms with Gasteiger partial charge in [-0.25, -0.2) is 0 Å². The molecule has 0 aliphatic carbocycles. The number of benzene rings is 2. The number of aromatic nitrogens is 1. The van der Waals surface area contributed by atoms with Crippen LogP contribution in [0.15, 0.2) is 48.7 Å². The van der Waals surface area contributed by atoms with E-state index in [2.05, 4.69) is 35.4 Å². The molecule has 0 spiro atoms. The zero-order valence-corrected chi connectivity index (χ0v) is 13.6. The Kier molecular flexibility index (Phi) is 4.47. The van der Waals surface area contributed by atoms with Crippen molar-refractivity contribution in [2.75, 3.05) is 5.32 Å². The highest BCUT2D eigenvalue weighted by Gasteiger charge is 2.07. The highest BCUT2D eigenvalue weighted by Crippen LogP contribution is 2.20. The van der Waals surface area contributed by atoms with Crippen LogP contribution in [0.1, 0.15) is 29.5 Å². The fourth-order valence-corrected chi connectivity index (χ4v) is 2.94. The number of carbonyl (C=O) groups is 1. The molecule has 1 heterocycles. The molecule has 3 nitrogen and oxygen atoms in total. The molecule has 3 aromatic rings. The van der Waals surface area contributed by atoms with E-state index in [-0.39, 0.29) is 5.91 Å². The van der Waals surface area contributed by atoms with Gasteiger partial charge in [-0.3, -0.25) is 4.79 Å². The summed E-state index contributed by atoms with van der Waals surface area (Å²) in [6, 6.07) is 14.4. The summed E-state index contributed by atoms with van der Waals surface area (Å²) in [6.07, 6.45) is 4.34. The molecule has 0 saturated carbocycles. The molecule has 0 bridgehead atoms. The molecule has 118 valence electrons. The number of hydrogen-bond donors (Lipinski definition) is 2. The van der Waals surface area contributed by atoms with E-state index in [1.54, 1.807) is 0 Å². The Labute approximate surface area is 136 Å². The van der Waals surface area contributed by atoms with Crippen LogP contribution in [-0.4, -0.2) is 10.9 Å². The van der Waals surface area contributed by atoms with Gasteiger partial charge in [-0.05, 0) is 49.9 Å². The second kappa shape index (κ2) is 6.69. The SMILES string of the molecule is Cc1ccc(NC(=O)CCCc2c[nH]c3ccccc23)c(C)c1. The summed E-state index contributed by atoms with van der Waals surface area (Å²) in [5, 5.41) is 4.26. The number of anilines is 1. The van der Waals surface area contributed by atoms with Crippen molar-refractivity contribution in [2.24, 2.45) is 0 Å². The minimum absolute atomic E-state index is 0.0804. The lowest BCUT2D eigenvalue weighted by molar-refractivity contribution is -0.116. The quantitative estimate of drug-likeness (QED) is 0.702. The van der Waals surface area contributed by atoms with E-state index in [1.807, 2.05) is 37.4 Å². The number of nitrogens with one attached hydrogen (secondary N) is 2. The molecular formula is C20H22N2O. The molecule has 0 aliphatic rings. The standard InChI is InChI=1S/C20H22N2O/c1-14-10-11-18(15(2)12-14)22-20(23)9-5-6-16-13-21-19-8-4-3-7-17(16)19/h3-4,7-8,10-13,21H,5-6,9H2,1-2H3,(H,22,23). The molecule has 3 heteroatoms. The molecule has 0 radical (unpaired) electrons. The summed E-state index contributed by atoms with van der Waals surface area (Å²) in [6.45, 7) is 4.08. The molecular weight excluding hydrogens is 284 g/mol. The average molecular weight is 306 g/mol. The topological polar surface area (TPSA) is 44.9 Å². The van der Waals surface area contributed by atoms with Gasteiger partial charge in [0.1, 0.15) is 0 Å². The lowest BCUT2D eigenvalue weighted by Crippen LogP contribution is -2.12. The predicted molar refractivity (Wildman–Crippen MR) is 95.8 cm³/mol. The zero-order valence-electron chi connectivity index (χ0n) is 13.6. The fraction of sp³-hybridized carbons (Fsp3) is 0.250. The number of aryl methyl sites for hydroxylation is 3. The normalized spacial score (nSPS) is 10.9. The van der Waals surface area contributed by atoms with Crippen molar-refractivity contribution < 1.29 is 4.79 Å². The number of carbonyl (C=O) groups excluding carboxylic acids is 1. The molecule has 1 aromatic heterocycles. The Morgan fingerprint density at radius 2 is 1.96 bits per heavy atom. The Hall–Kier alpha value is -2.55. The van der Waals surface area contributed by atoms with E-state index < -0.39 is 0 Å². The fourth-order valence-electron chi connectivity index (χ4n) is 2.94. The Morgan fingerprint density at radius 3 is 2.78 bits per heavy atom. The summed E-state index contributed by atoms with van der Waals surface area (Å²) in [4.78, 5) is 15.4. The number of fused-ring (bicyclic) bond motifs is 1. The van der Waals surface area contributed by atoms with Gasteiger partial charge in [0.05, 0.1) is 0 Å². The maximum atomic E-state index is 12.1. The van der Waals surface area contributed by atoms with Crippen LogP contribution in [0, 0.1) is 13.8 Å². The summed E-state index contributed by atoms with van der Waals surface area (Å²) >= 11 is 0. The van der Waals surface area contributed by atoms with Crippen molar-refractivity contribution in [3.63, 3.8) is 0 Å². The van der Waals surface area contributed by atoms with Crippen LogP contribution in [0.25, 0.3) is 10.9 Å². The van der Waals surface area contributed by atoms with Crippen LogP contribution in [0.3, 0.4) is 0 Å². The minimum atomic E-state index is 0.0804. The number of aromatic amines is 1. The van der Waals surface area contributed by atoms with Gasteiger partial charge >= 0.3 is 0 Å². The van der Waals surface area contributed by atoms with Gasteiger partial charge < -0.3 is 10.3 Å². The lowest BCUT2D eigenvalue weighted by Gasteiger charge is -2.09. The maximum Gasteiger partial charge on any atom is 0.224 e. The third-order valence-electron chi connectivity index (χ3n) is 4.18. The molecule has 0 fully saturated rings. The van der Waals surface area contributed by atoms with Crippen molar-refractivity contribution in [3.8, 4) is 0 Å². The Morgan fingerprint density at radius 1 is 1.13 bits per heavy atom. The van der Waals surface area contributed by atoms with E-state index in [0.717, 1.165) is 29.6 Å². The molecule has 0 saturated heterocycles. The smallest absolute Gasteiger partial charge is 0.224 e. The Balaban J connectivity index is 1.55. The average Bonchev–Trinajstić information content (AvgIpc) is 2.94. The van der Waals surface area contributed by atoms with Gasteiger partial charge in [-0.15, -0.1) is 0 Å². The summed E-state index contributed by atoms with van der Waals surface area (Å²) in [7, 11) is 0. The van der Waals surface area contributed by atoms with Crippen molar-refractivity contribution in [1.82, 2.24) is 4.98 Å². The van der Waals surface area contributed by atoms with Gasteiger partial charge in [-0.1, -0.05) is 35.9 Å². The first-order valence-electron chi connectivity index (χ1n) is 8.05. The molecule has 3 rings (SSSR count). The molecule has 0 unspecified atom stereocenters. The first kappa shape index (κ1) is 15.3. The van der Waals surface area contributed by atoms with Gasteiger partial charge in [-0.2, -0.15) is 0 Å². The summed E-state index contributed by atoms with van der Waals surface area (Å²) in [5.41, 5.74) is 5.66. The van der Waals surface area contributed by atoms with Crippen LogP contribution in [0.5, 0.6) is 0 Å². The van der Waals surface area contributed by atoms with Crippen molar-refractivity contribution in [3.05, 3.63) is 65.4 Å². The number of para-hydroxylation sites is 1. The molecule has 2 aromatic carbocycles.